The van der Waals surface area contributed by atoms with Crippen molar-refractivity contribution in [2.24, 2.45) is 0 Å². The van der Waals surface area contributed by atoms with E-state index in [1.54, 1.807) is 17.4 Å². The van der Waals surface area contributed by atoms with Crippen LogP contribution in [0.1, 0.15) is 27.4 Å². The number of aromatic amines is 1. The van der Waals surface area contributed by atoms with E-state index in [2.05, 4.69) is 9.97 Å². The van der Waals surface area contributed by atoms with Gasteiger partial charge >= 0.3 is 5.97 Å². The number of benzene rings is 1. The zero-order valence-corrected chi connectivity index (χ0v) is 12.3. The Bertz CT molecular complexity index is 775. The Balaban J connectivity index is 1.83. The number of carboxylic acid groups (broad SMARTS) is 1. The molecule has 0 aliphatic carbocycles. The predicted octanol–water partition coefficient (Wildman–Crippen LogP) is 3.74. The van der Waals surface area contributed by atoms with E-state index in [0.717, 1.165) is 27.5 Å². The SMILES string of the molecule is Cc1cc(C(=O)O)[nH]c1Cc1csc(-c2ccccc2)n1. The number of thiazole rings is 1. The number of aromatic nitrogens is 2. The van der Waals surface area contributed by atoms with Gasteiger partial charge in [0.05, 0.1) is 5.69 Å². The van der Waals surface area contributed by atoms with Crippen molar-refractivity contribution in [3.63, 3.8) is 0 Å². The molecule has 0 radical (unpaired) electrons. The molecule has 0 aliphatic rings. The average Bonchev–Trinajstić information content (AvgIpc) is 3.08. The van der Waals surface area contributed by atoms with Crippen LogP contribution in [0.5, 0.6) is 0 Å². The highest BCUT2D eigenvalue weighted by molar-refractivity contribution is 7.13. The van der Waals surface area contributed by atoms with E-state index >= 15 is 0 Å². The van der Waals surface area contributed by atoms with Crippen LogP contribution in [0.3, 0.4) is 0 Å². The number of rotatable bonds is 4. The molecule has 0 saturated heterocycles. The summed E-state index contributed by atoms with van der Waals surface area (Å²) in [6, 6.07) is 11.7. The van der Waals surface area contributed by atoms with E-state index in [-0.39, 0.29) is 5.69 Å². The first-order chi connectivity index (χ1) is 10.1. The first-order valence-electron chi connectivity index (χ1n) is 6.55. The summed E-state index contributed by atoms with van der Waals surface area (Å²) in [5, 5.41) is 12.0. The van der Waals surface area contributed by atoms with Crippen LogP contribution in [-0.4, -0.2) is 21.0 Å². The molecule has 3 rings (SSSR count). The number of aryl methyl sites for hydroxylation is 1. The van der Waals surface area contributed by atoms with Crippen molar-refractivity contribution >= 4 is 17.3 Å². The van der Waals surface area contributed by atoms with Gasteiger partial charge in [-0.05, 0) is 18.6 Å². The average molecular weight is 298 g/mol. The molecule has 0 bridgehead atoms. The Morgan fingerprint density at radius 2 is 2.10 bits per heavy atom. The number of carboxylic acids is 1. The summed E-state index contributed by atoms with van der Waals surface area (Å²) in [7, 11) is 0. The second-order valence-electron chi connectivity index (χ2n) is 4.84. The van der Waals surface area contributed by atoms with Gasteiger partial charge in [-0.3, -0.25) is 0 Å². The van der Waals surface area contributed by atoms with Crippen molar-refractivity contribution in [1.82, 2.24) is 9.97 Å². The number of aromatic carboxylic acids is 1. The quantitative estimate of drug-likeness (QED) is 0.771. The molecular weight excluding hydrogens is 284 g/mol. The van der Waals surface area contributed by atoms with Gasteiger partial charge in [-0.1, -0.05) is 30.3 Å². The zero-order chi connectivity index (χ0) is 14.8. The Morgan fingerprint density at radius 1 is 1.33 bits per heavy atom. The van der Waals surface area contributed by atoms with Crippen LogP contribution in [0.25, 0.3) is 10.6 Å². The molecule has 0 unspecified atom stereocenters. The summed E-state index contributed by atoms with van der Waals surface area (Å²) in [5.41, 5.74) is 4.11. The third-order valence-electron chi connectivity index (χ3n) is 3.28. The van der Waals surface area contributed by atoms with E-state index in [9.17, 15) is 4.79 Å². The van der Waals surface area contributed by atoms with Crippen molar-refractivity contribution in [1.29, 1.82) is 0 Å². The number of nitrogens with one attached hydrogen (secondary N) is 1. The summed E-state index contributed by atoms with van der Waals surface area (Å²) in [4.78, 5) is 18.5. The number of hydrogen-bond acceptors (Lipinski definition) is 3. The topological polar surface area (TPSA) is 66.0 Å². The van der Waals surface area contributed by atoms with Crippen LogP contribution in [0.15, 0.2) is 41.8 Å². The third-order valence-corrected chi connectivity index (χ3v) is 4.22. The van der Waals surface area contributed by atoms with Crippen LogP contribution in [0, 0.1) is 6.92 Å². The summed E-state index contributed by atoms with van der Waals surface area (Å²) < 4.78 is 0. The maximum atomic E-state index is 11.0. The molecule has 0 fully saturated rings. The van der Waals surface area contributed by atoms with Gasteiger partial charge in [0.15, 0.2) is 0 Å². The standard InChI is InChI=1S/C16H14N2O2S/c1-10-7-14(16(19)20)18-13(10)8-12-9-21-15(17-12)11-5-3-2-4-6-11/h2-7,9,18H,8H2,1H3,(H,19,20). The van der Waals surface area contributed by atoms with Crippen LogP contribution < -0.4 is 0 Å². The fraction of sp³-hybridized carbons (Fsp3) is 0.125. The molecule has 0 aliphatic heterocycles. The molecule has 0 spiro atoms. The van der Waals surface area contributed by atoms with Gasteiger partial charge < -0.3 is 10.1 Å². The predicted molar refractivity (Wildman–Crippen MR) is 82.8 cm³/mol. The Morgan fingerprint density at radius 3 is 2.76 bits per heavy atom. The fourth-order valence-corrected chi connectivity index (χ4v) is 3.01. The number of nitrogens with zero attached hydrogens (tertiary/aromatic N) is 1. The van der Waals surface area contributed by atoms with Gasteiger partial charge in [0.25, 0.3) is 0 Å². The van der Waals surface area contributed by atoms with Crippen LogP contribution in [0.4, 0.5) is 0 Å². The summed E-state index contributed by atoms with van der Waals surface area (Å²) in [6.07, 6.45) is 0.614. The lowest BCUT2D eigenvalue weighted by molar-refractivity contribution is 0.0691. The van der Waals surface area contributed by atoms with Gasteiger partial charge in [0.2, 0.25) is 0 Å². The van der Waals surface area contributed by atoms with Crippen molar-refractivity contribution in [3.05, 3.63) is 64.4 Å². The molecular formula is C16H14N2O2S. The smallest absolute Gasteiger partial charge is 0.352 e. The molecule has 5 heteroatoms. The van der Waals surface area contributed by atoms with E-state index < -0.39 is 5.97 Å². The molecule has 4 nitrogen and oxygen atoms in total. The molecule has 106 valence electrons. The van der Waals surface area contributed by atoms with Crippen molar-refractivity contribution in [2.75, 3.05) is 0 Å². The van der Waals surface area contributed by atoms with Crippen molar-refractivity contribution < 1.29 is 9.90 Å². The highest BCUT2D eigenvalue weighted by Crippen LogP contribution is 2.25. The molecule has 21 heavy (non-hydrogen) atoms. The molecule has 1 aromatic carbocycles. The monoisotopic (exact) mass is 298 g/mol. The van der Waals surface area contributed by atoms with Gasteiger partial charge in [0.1, 0.15) is 10.7 Å². The van der Waals surface area contributed by atoms with Crippen LogP contribution in [-0.2, 0) is 6.42 Å². The summed E-state index contributed by atoms with van der Waals surface area (Å²) in [6.45, 7) is 1.91. The normalized spacial score (nSPS) is 10.7. The van der Waals surface area contributed by atoms with Crippen LogP contribution in [0.2, 0.25) is 0 Å². The molecule has 0 atom stereocenters. The first-order valence-corrected chi connectivity index (χ1v) is 7.43. The number of H-pyrrole nitrogens is 1. The highest BCUT2D eigenvalue weighted by Gasteiger charge is 2.12. The molecule has 2 aromatic heterocycles. The lowest BCUT2D eigenvalue weighted by Gasteiger charge is -1.97. The Hall–Kier alpha value is -2.40. The molecule has 3 aromatic rings. The molecule has 2 heterocycles. The summed E-state index contributed by atoms with van der Waals surface area (Å²) in [5.74, 6) is -0.937. The second-order valence-corrected chi connectivity index (χ2v) is 5.69. The zero-order valence-electron chi connectivity index (χ0n) is 11.5. The van der Waals surface area contributed by atoms with Gasteiger partial charge in [0, 0.05) is 23.1 Å². The second kappa shape index (κ2) is 5.54. The maximum Gasteiger partial charge on any atom is 0.352 e. The lowest BCUT2D eigenvalue weighted by Crippen LogP contribution is -1.97. The van der Waals surface area contributed by atoms with E-state index in [4.69, 9.17) is 5.11 Å². The van der Waals surface area contributed by atoms with Crippen molar-refractivity contribution in [3.8, 4) is 10.6 Å². The Labute approximate surface area is 126 Å². The van der Waals surface area contributed by atoms with Gasteiger partial charge in [-0.2, -0.15) is 0 Å². The third kappa shape index (κ3) is 2.87. The number of hydrogen-bond donors (Lipinski definition) is 2. The minimum absolute atomic E-state index is 0.223. The fourth-order valence-electron chi connectivity index (χ4n) is 2.18. The van der Waals surface area contributed by atoms with Gasteiger partial charge in [-0.15, -0.1) is 11.3 Å². The first kappa shape index (κ1) is 13.6. The maximum absolute atomic E-state index is 11.0. The lowest BCUT2D eigenvalue weighted by atomic mass is 10.2. The number of carbonyl (C=O) groups is 1. The highest BCUT2D eigenvalue weighted by atomic mass is 32.1. The van der Waals surface area contributed by atoms with Crippen LogP contribution >= 0.6 is 11.3 Å². The minimum atomic E-state index is -0.937. The van der Waals surface area contributed by atoms with Gasteiger partial charge in [-0.25, -0.2) is 9.78 Å². The molecule has 2 N–H and O–H groups in total. The van der Waals surface area contributed by atoms with E-state index in [1.807, 2.05) is 42.6 Å². The largest absolute Gasteiger partial charge is 0.477 e. The van der Waals surface area contributed by atoms with Crippen molar-refractivity contribution in [2.45, 2.75) is 13.3 Å². The molecule has 0 amide bonds. The Kier molecular flexibility index (Phi) is 3.58. The summed E-state index contributed by atoms with van der Waals surface area (Å²) >= 11 is 1.60. The van der Waals surface area contributed by atoms with E-state index in [0.29, 0.717) is 6.42 Å². The minimum Gasteiger partial charge on any atom is -0.477 e. The van der Waals surface area contributed by atoms with E-state index in [1.165, 1.54) is 0 Å². The molecule has 0 saturated carbocycles.